The first-order valence-electron chi connectivity index (χ1n) is 14.9. The Morgan fingerprint density at radius 3 is 2.40 bits per heavy atom. The average molecular weight is 600 g/mol. The third-order valence-electron chi connectivity index (χ3n) is 9.70. The fraction of sp³-hybridized carbons (Fsp3) is 0.382. The number of rotatable bonds is 7. The van der Waals surface area contributed by atoms with Crippen molar-refractivity contribution in [3.05, 3.63) is 94.7 Å². The zero-order chi connectivity index (χ0) is 30.0. The lowest BCUT2D eigenvalue weighted by molar-refractivity contribution is 0.0312. The van der Waals surface area contributed by atoms with E-state index in [-0.39, 0.29) is 16.9 Å². The first kappa shape index (κ1) is 28.1. The monoisotopic (exact) mass is 599 g/mol. The van der Waals surface area contributed by atoms with Crippen LogP contribution in [0.15, 0.2) is 71.8 Å². The number of piperidine rings is 1. The molecular formula is C34H37N3O5S. The van der Waals surface area contributed by atoms with Gasteiger partial charge in [0.05, 0.1) is 30.2 Å². The Kier molecular flexibility index (Phi) is 6.87. The smallest absolute Gasteiger partial charge is 0.337 e. The van der Waals surface area contributed by atoms with Crippen molar-refractivity contribution in [2.45, 2.75) is 56.3 Å². The third kappa shape index (κ3) is 4.74. The third-order valence-corrected chi connectivity index (χ3v) is 11.4. The molecule has 3 heterocycles. The molecule has 0 amide bonds. The maximum absolute atomic E-state index is 13.8. The van der Waals surface area contributed by atoms with Crippen LogP contribution in [0, 0.1) is 19.8 Å². The predicted molar refractivity (Wildman–Crippen MR) is 165 cm³/mol. The largest absolute Gasteiger partial charge is 0.496 e. The topological polar surface area (TPSA) is 81.1 Å². The van der Waals surface area contributed by atoms with Gasteiger partial charge in [0.1, 0.15) is 5.75 Å². The van der Waals surface area contributed by atoms with Gasteiger partial charge in [-0.1, -0.05) is 29.8 Å². The Balaban J connectivity index is 1.29. The van der Waals surface area contributed by atoms with Crippen LogP contribution in [0.2, 0.25) is 0 Å². The molecule has 2 aliphatic heterocycles. The Labute approximate surface area is 252 Å². The molecule has 1 saturated carbocycles. The summed E-state index contributed by atoms with van der Waals surface area (Å²) in [7, 11) is -0.721. The Hall–Kier alpha value is -3.66. The number of carbonyl (C=O) groups is 1. The molecule has 1 aromatic heterocycles. The van der Waals surface area contributed by atoms with E-state index in [0.29, 0.717) is 29.7 Å². The second-order valence-corrected chi connectivity index (χ2v) is 14.1. The molecule has 8 nitrogen and oxygen atoms in total. The van der Waals surface area contributed by atoms with E-state index >= 15 is 0 Å². The highest BCUT2D eigenvalue weighted by Gasteiger charge is 2.54. The molecule has 0 spiro atoms. The maximum Gasteiger partial charge on any atom is 0.337 e. The molecule has 43 heavy (non-hydrogen) atoms. The van der Waals surface area contributed by atoms with Crippen molar-refractivity contribution in [3.63, 3.8) is 0 Å². The van der Waals surface area contributed by atoms with Gasteiger partial charge in [0, 0.05) is 54.9 Å². The molecule has 0 N–H and O–H groups in total. The Morgan fingerprint density at radius 2 is 1.70 bits per heavy atom. The summed E-state index contributed by atoms with van der Waals surface area (Å²) in [5.41, 5.74) is 5.19. The highest BCUT2D eigenvalue weighted by molar-refractivity contribution is 7.90. The van der Waals surface area contributed by atoms with E-state index in [1.807, 2.05) is 62.4 Å². The van der Waals surface area contributed by atoms with Crippen molar-refractivity contribution in [1.29, 1.82) is 0 Å². The van der Waals surface area contributed by atoms with Gasteiger partial charge < -0.3 is 9.47 Å². The fourth-order valence-corrected chi connectivity index (χ4v) is 8.79. The Morgan fingerprint density at radius 1 is 0.953 bits per heavy atom. The van der Waals surface area contributed by atoms with E-state index in [1.54, 1.807) is 25.4 Å². The van der Waals surface area contributed by atoms with E-state index in [4.69, 9.17) is 9.47 Å². The van der Waals surface area contributed by atoms with E-state index < -0.39 is 10.0 Å². The standard InChI is InChI=1S/C34H37N3O5S/c1-21-5-11-27(12-6-21)43(39,40)37-14-13-28-29(32(41-3)15-22(2)33(28)37)19-35-18-26-16-25-17-30(25)36(26)20-31(35)23-7-9-24(10-8-23)34(38)42-4/h5-15,25-26,30-31H,16-20H2,1-4H3/t25-,26+,30+,31?/m1/s1. The van der Waals surface area contributed by atoms with Gasteiger partial charge in [0.15, 0.2) is 0 Å². The minimum absolute atomic E-state index is 0.113. The summed E-state index contributed by atoms with van der Waals surface area (Å²) in [6.07, 6.45) is 4.18. The van der Waals surface area contributed by atoms with Gasteiger partial charge >= 0.3 is 5.97 Å². The van der Waals surface area contributed by atoms with Crippen molar-refractivity contribution < 1.29 is 22.7 Å². The second kappa shape index (κ2) is 10.5. The molecular weight excluding hydrogens is 562 g/mol. The van der Waals surface area contributed by atoms with Gasteiger partial charge in [-0.15, -0.1) is 0 Å². The van der Waals surface area contributed by atoms with Crippen LogP contribution in [0.4, 0.5) is 0 Å². The molecule has 224 valence electrons. The first-order valence-corrected chi connectivity index (χ1v) is 16.3. The molecule has 3 aliphatic rings. The predicted octanol–water partition coefficient (Wildman–Crippen LogP) is 5.31. The summed E-state index contributed by atoms with van der Waals surface area (Å²) in [4.78, 5) is 17.6. The summed E-state index contributed by atoms with van der Waals surface area (Å²) < 4.78 is 39.9. The van der Waals surface area contributed by atoms with Gasteiger partial charge in [-0.2, -0.15) is 0 Å². The summed E-state index contributed by atoms with van der Waals surface area (Å²) in [6, 6.07) is 19.9. The molecule has 4 atom stereocenters. The van der Waals surface area contributed by atoms with Crippen LogP contribution in [0.5, 0.6) is 5.75 Å². The summed E-state index contributed by atoms with van der Waals surface area (Å²) in [6.45, 7) is 6.32. The van der Waals surface area contributed by atoms with Crippen molar-refractivity contribution >= 4 is 26.9 Å². The number of hydrogen-bond acceptors (Lipinski definition) is 7. The average Bonchev–Trinajstić information content (AvgIpc) is 3.46. The molecule has 4 aromatic rings. The molecule has 1 aliphatic carbocycles. The minimum atomic E-state index is -3.79. The number of piperazine rings is 1. The number of methoxy groups -OCH3 is 2. The van der Waals surface area contributed by atoms with Gasteiger partial charge in [0.2, 0.25) is 0 Å². The van der Waals surface area contributed by atoms with Crippen LogP contribution in [0.25, 0.3) is 10.9 Å². The van der Waals surface area contributed by atoms with E-state index in [1.165, 1.54) is 23.9 Å². The van der Waals surface area contributed by atoms with Crippen LogP contribution >= 0.6 is 0 Å². The minimum Gasteiger partial charge on any atom is -0.496 e. The highest BCUT2D eigenvalue weighted by Crippen LogP contribution is 2.51. The van der Waals surface area contributed by atoms with E-state index in [0.717, 1.165) is 52.4 Å². The molecule has 7 rings (SSSR count). The van der Waals surface area contributed by atoms with Crippen molar-refractivity contribution in [2.75, 3.05) is 27.3 Å². The normalized spacial score (nSPS) is 23.6. The van der Waals surface area contributed by atoms with Gasteiger partial charge in [0.25, 0.3) is 10.0 Å². The number of ether oxygens (including phenoxy) is 2. The van der Waals surface area contributed by atoms with Crippen molar-refractivity contribution in [2.24, 2.45) is 5.92 Å². The number of fused-ring (bicyclic) bond motifs is 4. The fourth-order valence-electron chi connectivity index (χ4n) is 7.38. The summed E-state index contributed by atoms with van der Waals surface area (Å²) in [5, 5.41) is 0.879. The number of carbonyl (C=O) groups excluding carboxylic acids is 1. The van der Waals surface area contributed by atoms with Crippen molar-refractivity contribution in [3.8, 4) is 5.75 Å². The quantitative estimate of drug-likeness (QED) is 0.267. The van der Waals surface area contributed by atoms with Crippen LogP contribution in [0.3, 0.4) is 0 Å². The lowest BCUT2D eigenvalue weighted by Crippen LogP contribution is -2.52. The molecule has 0 radical (unpaired) electrons. The van der Waals surface area contributed by atoms with Crippen LogP contribution in [-0.4, -0.2) is 67.6 Å². The van der Waals surface area contributed by atoms with Gasteiger partial charge in [-0.3, -0.25) is 9.80 Å². The van der Waals surface area contributed by atoms with Gasteiger partial charge in [-0.25, -0.2) is 17.2 Å². The molecule has 2 saturated heterocycles. The Bertz CT molecular complexity index is 1810. The van der Waals surface area contributed by atoms with E-state index in [9.17, 15) is 13.2 Å². The second-order valence-electron chi connectivity index (χ2n) is 12.3. The highest BCUT2D eigenvalue weighted by atomic mass is 32.2. The number of aryl methyl sites for hydroxylation is 2. The molecule has 3 aromatic carbocycles. The molecule has 3 fully saturated rings. The van der Waals surface area contributed by atoms with E-state index in [2.05, 4.69) is 9.80 Å². The zero-order valence-corrected chi connectivity index (χ0v) is 25.8. The maximum atomic E-state index is 13.8. The van der Waals surface area contributed by atoms with Crippen molar-refractivity contribution in [1.82, 2.24) is 13.8 Å². The van der Waals surface area contributed by atoms with Gasteiger partial charge in [-0.05, 0) is 80.1 Å². The number of aromatic nitrogens is 1. The number of benzene rings is 3. The lowest BCUT2D eigenvalue weighted by atomic mass is 9.96. The van der Waals surface area contributed by atoms with Crippen LogP contribution in [-0.2, 0) is 21.3 Å². The molecule has 0 bridgehead atoms. The zero-order valence-electron chi connectivity index (χ0n) is 25.0. The number of nitrogens with zero attached hydrogens (tertiary/aromatic N) is 3. The number of hydrogen-bond donors (Lipinski definition) is 0. The molecule has 1 unspecified atom stereocenters. The lowest BCUT2D eigenvalue weighted by Gasteiger charge is -2.45. The summed E-state index contributed by atoms with van der Waals surface area (Å²) >= 11 is 0. The number of esters is 1. The molecule has 9 heteroatoms. The van der Waals surface area contributed by atoms with Crippen LogP contribution in [0.1, 0.15) is 51.5 Å². The first-order chi connectivity index (χ1) is 20.7. The summed E-state index contributed by atoms with van der Waals surface area (Å²) in [5.74, 6) is 1.21. The van der Waals surface area contributed by atoms with Crippen LogP contribution < -0.4 is 4.74 Å². The SMILES string of the molecule is COC(=O)c1ccc(C2CN3[C@@H](C[C@@H]4C[C@@H]43)CN2Cc2c(OC)cc(C)c3c2ccn3S(=O)(=O)c2ccc(C)cc2)cc1.